The van der Waals surface area contributed by atoms with Crippen LogP contribution in [0.3, 0.4) is 0 Å². The van der Waals surface area contributed by atoms with Gasteiger partial charge in [0.05, 0.1) is 11.6 Å². The van der Waals surface area contributed by atoms with Crippen molar-refractivity contribution in [3.8, 4) is 0 Å². The smallest absolute Gasteiger partial charge is 0.295 e. The molecule has 1 atom stereocenters. The molecule has 0 aromatic heterocycles. The molecule has 0 radical (unpaired) electrons. The van der Waals surface area contributed by atoms with Crippen molar-refractivity contribution in [1.29, 1.82) is 0 Å². The highest BCUT2D eigenvalue weighted by atomic mass is 79.9. The normalized spacial score (nSPS) is 18.7. The second kappa shape index (κ2) is 8.90. The van der Waals surface area contributed by atoms with E-state index in [2.05, 4.69) is 15.9 Å². The van der Waals surface area contributed by atoms with E-state index >= 15 is 0 Å². The standard InChI is InChI=1S/C21H19BrClNO4/c1-28-12-2-11-24-18(13-3-7-15(22)8-4-13)17(20(26)21(24)27)19(25)14-5-9-16(23)10-6-14/h3-10,18,25H,2,11-12H2,1H3/t18-/m0/s1. The molecule has 1 fully saturated rings. The molecule has 0 spiro atoms. The van der Waals surface area contributed by atoms with E-state index in [-0.39, 0.29) is 11.3 Å². The van der Waals surface area contributed by atoms with Gasteiger partial charge in [-0.1, -0.05) is 39.7 Å². The Bertz CT molecular complexity index is 909. The van der Waals surface area contributed by atoms with Gasteiger partial charge in [-0.2, -0.15) is 0 Å². The van der Waals surface area contributed by atoms with Crippen LogP contribution in [0.5, 0.6) is 0 Å². The minimum Gasteiger partial charge on any atom is -0.507 e. The maximum Gasteiger partial charge on any atom is 0.295 e. The number of hydrogen-bond acceptors (Lipinski definition) is 4. The van der Waals surface area contributed by atoms with Crippen LogP contribution in [-0.2, 0) is 14.3 Å². The number of halogens is 2. The van der Waals surface area contributed by atoms with Gasteiger partial charge in [-0.15, -0.1) is 0 Å². The predicted octanol–water partition coefficient (Wildman–Crippen LogP) is 4.56. The van der Waals surface area contributed by atoms with Crippen LogP contribution in [0.25, 0.3) is 5.76 Å². The zero-order chi connectivity index (χ0) is 20.3. The van der Waals surface area contributed by atoms with Crippen LogP contribution in [0.1, 0.15) is 23.6 Å². The molecule has 28 heavy (non-hydrogen) atoms. The molecule has 3 rings (SSSR count). The average molecular weight is 465 g/mol. The van der Waals surface area contributed by atoms with Gasteiger partial charge in [0.1, 0.15) is 5.76 Å². The van der Waals surface area contributed by atoms with Gasteiger partial charge < -0.3 is 14.7 Å². The van der Waals surface area contributed by atoms with Gasteiger partial charge in [-0.3, -0.25) is 9.59 Å². The largest absolute Gasteiger partial charge is 0.507 e. The van der Waals surface area contributed by atoms with Crippen molar-refractivity contribution in [1.82, 2.24) is 4.90 Å². The van der Waals surface area contributed by atoms with E-state index in [0.29, 0.717) is 30.2 Å². The molecular formula is C21H19BrClNO4. The number of benzene rings is 2. The van der Waals surface area contributed by atoms with E-state index in [0.717, 1.165) is 10.0 Å². The number of Topliss-reactive ketones (excluding diaryl/α,β-unsaturated/α-hetero) is 1. The van der Waals surface area contributed by atoms with E-state index in [1.807, 2.05) is 24.3 Å². The predicted molar refractivity (Wildman–Crippen MR) is 111 cm³/mol. The molecule has 7 heteroatoms. The Morgan fingerprint density at radius 2 is 1.79 bits per heavy atom. The Kier molecular flexibility index (Phi) is 6.54. The number of likely N-dealkylation sites (tertiary alicyclic amines) is 1. The van der Waals surface area contributed by atoms with E-state index in [1.165, 1.54) is 4.90 Å². The molecule has 1 heterocycles. The van der Waals surface area contributed by atoms with Gasteiger partial charge in [0.25, 0.3) is 11.7 Å². The number of aliphatic hydroxyl groups excluding tert-OH is 1. The van der Waals surface area contributed by atoms with Crippen molar-refractivity contribution in [3.05, 3.63) is 74.7 Å². The maximum absolute atomic E-state index is 12.8. The zero-order valence-corrected chi connectivity index (χ0v) is 17.5. The summed E-state index contributed by atoms with van der Waals surface area (Å²) >= 11 is 9.31. The lowest BCUT2D eigenvalue weighted by molar-refractivity contribution is -0.140. The number of rotatable bonds is 6. The molecular weight excluding hydrogens is 446 g/mol. The first kappa shape index (κ1) is 20.6. The second-order valence-corrected chi connectivity index (χ2v) is 7.75. The molecule has 5 nitrogen and oxygen atoms in total. The highest BCUT2D eigenvalue weighted by Gasteiger charge is 2.45. The lowest BCUT2D eigenvalue weighted by Crippen LogP contribution is -2.31. The number of aliphatic hydroxyl groups is 1. The van der Waals surface area contributed by atoms with E-state index in [1.54, 1.807) is 31.4 Å². The average Bonchev–Trinajstić information content (AvgIpc) is 2.94. The molecule has 1 amide bonds. The van der Waals surface area contributed by atoms with Crippen LogP contribution in [0.2, 0.25) is 5.02 Å². The summed E-state index contributed by atoms with van der Waals surface area (Å²) in [7, 11) is 1.58. The first-order valence-electron chi connectivity index (χ1n) is 8.72. The molecule has 0 unspecified atom stereocenters. The van der Waals surface area contributed by atoms with Crippen molar-refractivity contribution < 1.29 is 19.4 Å². The van der Waals surface area contributed by atoms with Crippen LogP contribution in [0.4, 0.5) is 0 Å². The number of ether oxygens (including phenoxy) is 1. The highest BCUT2D eigenvalue weighted by Crippen LogP contribution is 2.39. The number of ketones is 1. The summed E-state index contributed by atoms with van der Waals surface area (Å²) in [5.74, 6) is -1.53. The first-order chi connectivity index (χ1) is 13.4. The zero-order valence-electron chi connectivity index (χ0n) is 15.2. The van der Waals surface area contributed by atoms with Gasteiger partial charge in [0.2, 0.25) is 0 Å². The third-order valence-electron chi connectivity index (χ3n) is 4.59. The van der Waals surface area contributed by atoms with Crippen molar-refractivity contribution in [2.24, 2.45) is 0 Å². The Hall–Kier alpha value is -2.15. The Balaban J connectivity index is 2.10. The number of carbonyl (C=O) groups excluding carboxylic acids is 2. The van der Waals surface area contributed by atoms with Gasteiger partial charge in [0.15, 0.2) is 0 Å². The van der Waals surface area contributed by atoms with Gasteiger partial charge in [-0.25, -0.2) is 0 Å². The molecule has 0 aliphatic carbocycles. The summed E-state index contributed by atoms with van der Waals surface area (Å²) in [6, 6.07) is 13.2. The Morgan fingerprint density at radius 3 is 2.39 bits per heavy atom. The molecule has 1 aliphatic rings. The van der Waals surface area contributed by atoms with E-state index < -0.39 is 17.7 Å². The molecule has 0 saturated carbocycles. The number of nitrogens with zero attached hydrogens (tertiary/aromatic N) is 1. The van der Waals surface area contributed by atoms with Crippen LogP contribution in [-0.4, -0.2) is 42.0 Å². The molecule has 2 aromatic carbocycles. The summed E-state index contributed by atoms with van der Waals surface area (Å²) < 4.78 is 5.95. The van der Waals surface area contributed by atoms with Crippen LogP contribution in [0, 0.1) is 0 Å². The van der Waals surface area contributed by atoms with Gasteiger partial charge >= 0.3 is 0 Å². The SMILES string of the molecule is COCCCN1C(=O)C(=O)C(=C(O)c2ccc(Cl)cc2)[C@@H]1c1ccc(Br)cc1. The van der Waals surface area contributed by atoms with Crippen molar-refractivity contribution in [3.63, 3.8) is 0 Å². The third kappa shape index (κ3) is 4.14. The lowest BCUT2D eigenvalue weighted by atomic mass is 9.95. The maximum atomic E-state index is 12.8. The van der Waals surface area contributed by atoms with E-state index in [4.69, 9.17) is 16.3 Å². The highest BCUT2D eigenvalue weighted by molar-refractivity contribution is 9.10. The van der Waals surface area contributed by atoms with Gasteiger partial charge in [-0.05, 0) is 48.4 Å². The van der Waals surface area contributed by atoms with Crippen LogP contribution in [0.15, 0.2) is 58.6 Å². The number of carbonyl (C=O) groups is 2. The second-order valence-electron chi connectivity index (χ2n) is 6.40. The minimum absolute atomic E-state index is 0.0760. The summed E-state index contributed by atoms with van der Waals surface area (Å²) in [5, 5.41) is 11.4. The summed E-state index contributed by atoms with van der Waals surface area (Å²) in [6.07, 6.45) is 0.581. The molecule has 1 saturated heterocycles. The molecule has 1 aliphatic heterocycles. The minimum atomic E-state index is -0.696. The van der Waals surface area contributed by atoms with Crippen molar-refractivity contribution in [2.75, 3.05) is 20.3 Å². The van der Waals surface area contributed by atoms with Gasteiger partial charge in [0, 0.05) is 35.3 Å². The Labute approximate surface area is 176 Å². The number of hydrogen-bond donors (Lipinski definition) is 1. The third-order valence-corrected chi connectivity index (χ3v) is 5.37. The fourth-order valence-electron chi connectivity index (χ4n) is 3.24. The molecule has 2 aromatic rings. The van der Waals surface area contributed by atoms with E-state index in [9.17, 15) is 14.7 Å². The fourth-order valence-corrected chi connectivity index (χ4v) is 3.64. The Morgan fingerprint density at radius 1 is 1.14 bits per heavy atom. The number of amides is 1. The number of methoxy groups -OCH3 is 1. The van der Waals surface area contributed by atoms with Crippen molar-refractivity contribution in [2.45, 2.75) is 12.5 Å². The van der Waals surface area contributed by atoms with Crippen LogP contribution < -0.4 is 0 Å². The summed E-state index contributed by atoms with van der Waals surface area (Å²) in [6.45, 7) is 0.809. The quantitative estimate of drug-likeness (QED) is 0.294. The monoisotopic (exact) mass is 463 g/mol. The lowest BCUT2D eigenvalue weighted by Gasteiger charge is -2.25. The summed E-state index contributed by atoms with van der Waals surface area (Å²) in [4.78, 5) is 27.0. The topological polar surface area (TPSA) is 66.8 Å². The summed E-state index contributed by atoms with van der Waals surface area (Å²) in [5.41, 5.74) is 1.25. The van der Waals surface area contributed by atoms with Crippen LogP contribution >= 0.6 is 27.5 Å². The molecule has 1 N–H and O–H groups in total. The fraction of sp³-hybridized carbons (Fsp3) is 0.238. The molecule has 146 valence electrons. The first-order valence-corrected chi connectivity index (χ1v) is 9.90. The van der Waals surface area contributed by atoms with Crippen molar-refractivity contribution >= 4 is 45.0 Å². The molecule has 0 bridgehead atoms.